The lowest BCUT2D eigenvalue weighted by atomic mass is 10.2. The Morgan fingerprint density at radius 3 is 2.58 bits per heavy atom. The molecule has 0 unspecified atom stereocenters. The summed E-state index contributed by atoms with van der Waals surface area (Å²) in [5.41, 5.74) is 0.121. The van der Waals surface area contributed by atoms with E-state index in [0.29, 0.717) is 10.1 Å². The number of nitrogens with zero attached hydrogens (tertiary/aromatic N) is 3. The summed E-state index contributed by atoms with van der Waals surface area (Å²) < 4.78 is 7.07. The Bertz CT molecular complexity index is 573. The minimum atomic E-state index is -0.547. The molecule has 0 radical (unpaired) electrons. The zero-order valence-electron chi connectivity index (χ0n) is 11.8. The summed E-state index contributed by atoms with van der Waals surface area (Å²) in [4.78, 5) is 15.9. The standard InChI is InChI=1S/C11H12BrN3O2.C2H6/c1-11(2,3)17-10(16)15-8-4-5-13-6-7(8)9(12)14-15;1-2/h4-6H,1-3H3;1-2H3. The van der Waals surface area contributed by atoms with Crippen LogP contribution in [0.4, 0.5) is 4.79 Å². The van der Waals surface area contributed by atoms with Gasteiger partial charge in [-0.05, 0) is 42.8 Å². The van der Waals surface area contributed by atoms with Crippen molar-refractivity contribution >= 4 is 32.9 Å². The van der Waals surface area contributed by atoms with E-state index in [9.17, 15) is 4.79 Å². The number of rotatable bonds is 0. The molecule has 5 nitrogen and oxygen atoms in total. The number of hydrogen-bond acceptors (Lipinski definition) is 4. The lowest BCUT2D eigenvalue weighted by molar-refractivity contribution is 0.0522. The fraction of sp³-hybridized carbons (Fsp3) is 0.462. The normalized spacial score (nSPS) is 10.8. The van der Waals surface area contributed by atoms with Gasteiger partial charge in [-0.2, -0.15) is 9.78 Å². The molecule has 0 fully saturated rings. The molecule has 19 heavy (non-hydrogen) atoms. The second kappa shape index (κ2) is 6.14. The molecular weight excluding hydrogens is 310 g/mol. The molecule has 0 aromatic carbocycles. The van der Waals surface area contributed by atoms with E-state index in [2.05, 4.69) is 26.0 Å². The first-order valence-corrected chi connectivity index (χ1v) is 6.89. The Labute approximate surface area is 121 Å². The molecule has 6 heteroatoms. The Morgan fingerprint density at radius 2 is 2.00 bits per heavy atom. The molecule has 0 saturated heterocycles. The number of fused-ring (bicyclic) bond motifs is 1. The average molecular weight is 328 g/mol. The van der Waals surface area contributed by atoms with Crippen molar-refractivity contribution in [3.05, 3.63) is 23.1 Å². The van der Waals surface area contributed by atoms with Gasteiger partial charge in [0.25, 0.3) is 0 Å². The molecule has 2 heterocycles. The van der Waals surface area contributed by atoms with Gasteiger partial charge in [-0.1, -0.05) is 13.8 Å². The molecule has 0 aliphatic heterocycles. The lowest BCUT2D eigenvalue weighted by Gasteiger charge is -2.19. The maximum absolute atomic E-state index is 11.9. The minimum absolute atomic E-state index is 0.501. The van der Waals surface area contributed by atoms with E-state index >= 15 is 0 Å². The van der Waals surface area contributed by atoms with Gasteiger partial charge in [-0.3, -0.25) is 4.98 Å². The largest absolute Gasteiger partial charge is 0.442 e. The summed E-state index contributed by atoms with van der Waals surface area (Å²) >= 11 is 3.29. The van der Waals surface area contributed by atoms with Gasteiger partial charge < -0.3 is 4.74 Å². The SMILES string of the molecule is CC.CC(C)(C)OC(=O)n1nc(Br)c2cnccc21. The summed E-state index contributed by atoms with van der Waals surface area (Å²) in [6, 6.07) is 1.72. The van der Waals surface area contributed by atoms with E-state index in [1.54, 1.807) is 18.5 Å². The third-order valence-corrected chi connectivity index (χ3v) is 2.59. The number of carbonyl (C=O) groups excluding carboxylic acids is 1. The van der Waals surface area contributed by atoms with Crippen molar-refractivity contribution in [2.45, 2.75) is 40.2 Å². The first-order valence-electron chi connectivity index (χ1n) is 6.10. The van der Waals surface area contributed by atoms with Crippen LogP contribution >= 0.6 is 15.9 Å². The predicted molar refractivity (Wildman–Crippen MR) is 78.2 cm³/mol. The van der Waals surface area contributed by atoms with Crippen LogP contribution in [0, 0.1) is 0 Å². The summed E-state index contributed by atoms with van der Waals surface area (Å²) in [5.74, 6) is 0. The fourth-order valence-corrected chi connectivity index (χ4v) is 1.83. The molecule has 2 aromatic heterocycles. The van der Waals surface area contributed by atoms with Crippen molar-refractivity contribution < 1.29 is 9.53 Å². The van der Waals surface area contributed by atoms with Gasteiger partial charge in [0.15, 0.2) is 0 Å². The van der Waals surface area contributed by atoms with E-state index in [4.69, 9.17) is 4.74 Å². The number of aromatic nitrogens is 3. The van der Waals surface area contributed by atoms with Gasteiger partial charge >= 0.3 is 6.09 Å². The first-order chi connectivity index (χ1) is 8.88. The van der Waals surface area contributed by atoms with Crippen molar-refractivity contribution in [1.82, 2.24) is 14.8 Å². The van der Waals surface area contributed by atoms with Crippen molar-refractivity contribution in [3.8, 4) is 0 Å². The molecular formula is C13H18BrN3O2. The Morgan fingerprint density at radius 1 is 1.37 bits per heavy atom. The van der Waals surface area contributed by atoms with Crippen LogP contribution in [0.3, 0.4) is 0 Å². The van der Waals surface area contributed by atoms with Crippen LogP contribution in [-0.4, -0.2) is 26.5 Å². The van der Waals surface area contributed by atoms with Crippen molar-refractivity contribution in [1.29, 1.82) is 0 Å². The highest BCUT2D eigenvalue weighted by molar-refractivity contribution is 9.10. The Kier molecular flexibility index (Phi) is 5.05. The molecule has 104 valence electrons. The van der Waals surface area contributed by atoms with Crippen LogP contribution in [0.5, 0.6) is 0 Å². The highest BCUT2D eigenvalue weighted by Crippen LogP contribution is 2.22. The number of hydrogen-bond donors (Lipinski definition) is 0. The van der Waals surface area contributed by atoms with E-state index in [1.807, 2.05) is 34.6 Å². The van der Waals surface area contributed by atoms with Crippen LogP contribution < -0.4 is 0 Å². The fourth-order valence-electron chi connectivity index (χ4n) is 1.37. The second-order valence-corrected chi connectivity index (χ2v) is 5.33. The Hall–Kier alpha value is -1.43. The highest BCUT2D eigenvalue weighted by Gasteiger charge is 2.21. The van der Waals surface area contributed by atoms with Gasteiger partial charge in [0.2, 0.25) is 0 Å². The monoisotopic (exact) mass is 327 g/mol. The molecule has 0 N–H and O–H groups in total. The van der Waals surface area contributed by atoms with E-state index in [0.717, 1.165) is 5.39 Å². The van der Waals surface area contributed by atoms with Crippen LogP contribution in [0.1, 0.15) is 34.6 Å². The number of ether oxygens (including phenoxy) is 1. The van der Waals surface area contributed by atoms with Crippen LogP contribution in [0.15, 0.2) is 23.1 Å². The smallest absolute Gasteiger partial charge is 0.435 e. The summed E-state index contributed by atoms with van der Waals surface area (Å²) in [6.07, 6.45) is 2.75. The summed E-state index contributed by atoms with van der Waals surface area (Å²) in [6.45, 7) is 9.44. The van der Waals surface area contributed by atoms with Crippen LogP contribution in [-0.2, 0) is 4.74 Å². The second-order valence-electron chi connectivity index (χ2n) is 4.58. The van der Waals surface area contributed by atoms with Gasteiger partial charge in [0, 0.05) is 12.4 Å². The molecule has 0 amide bonds. The maximum atomic E-state index is 11.9. The summed E-state index contributed by atoms with van der Waals surface area (Å²) in [5, 5.41) is 4.87. The zero-order valence-corrected chi connectivity index (χ0v) is 13.4. The van der Waals surface area contributed by atoms with Gasteiger partial charge in [-0.15, -0.1) is 0 Å². The molecule has 0 aliphatic rings. The molecule has 2 rings (SSSR count). The number of pyridine rings is 1. The molecule has 0 aliphatic carbocycles. The lowest BCUT2D eigenvalue weighted by Crippen LogP contribution is -2.27. The minimum Gasteiger partial charge on any atom is -0.442 e. The quantitative estimate of drug-likeness (QED) is 0.733. The zero-order chi connectivity index (χ0) is 14.6. The van der Waals surface area contributed by atoms with E-state index < -0.39 is 11.7 Å². The molecule has 0 bridgehead atoms. The van der Waals surface area contributed by atoms with Crippen molar-refractivity contribution in [3.63, 3.8) is 0 Å². The predicted octanol–water partition coefficient (Wildman–Crippen LogP) is 4.00. The van der Waals surface area contributed by atoms with Gasteiger partial charge in [0.1, 0.15) is 10.2 Å². The topological polar surface area (TPSA) is 57.0 Å². The molecule has 0 atom stereocenters. The third-order valence-electron chi connectivity index (χ3n) is 2.00. The third kappa shape index (κ3) is 3.76. The molecule has 2 aromatic rings. The van der Waals surface area contributed by atoms with Crippen molar-refractivity contribution in [2.24, 2.45) is 0 Å². The van der Waals surface area contributed by atoms with Gasteiger partial charge in [-0.25, -0.2) is 4.79 Å². The van der Waals surface area contributed by atoms with E-state index in [1.165, 1.54) is 4.68 Å². The number of halogens is 1. The van der Waals surface area contributed by atoms with Crippen molar-refractivity contribution in [2.75, 3.05) is 0 Å². The average Bonchev–Trinajstić information content (AvgIpc) is 2.68. The maximum Gasteiger partial charge on any atom is 0.435 e. The first kappa shape index (κ1) is 15.6. The van der Waals surface area contributed by atoms with Crippen LogP contribution in [0.25, 0.3) is 10.9 Å². The summed E-state index contributed by atoms with van der Waals surface area (Å²) in [7, 11) is 0. The molecule has 0 spiro atoms. The number of carbonyl (C=O) groups is 1. The van der Waals surface area contributed by atoms with Gasteiger partial charge in [0.05, 0.1) is 10.9 Å². The highest BCUT2D eigenvalue weighted by atomic mass is 79.9. The van der Waals surface area contributed by atoms with Crippen LogP contribution in [0.2, 0.25) is 0 Å². The molecule has 0 saturated carbocycles. The Balaban J connectivity index is 0.000000861. The van der Waals surface area contributed by atoms with E-state index in [-0.39, 0.29) is 0 Å².